The van der Waals surface area contributed by atoms with E-state index in [4.69, 9.17) is 24.4 Å². The lowest BCUT2D eigenvalue weighted by Crippen LogP contribution is -2.58. The first-order valence-corrected chi connectivity index (χ1v) is 14.0. The van der Waals surface area contributed by atoms with Crippen molar-refractivity contribution in [1.82, 2.24) is 15.1 Å². The molecule has 43 heavy (non-hydrogen) atoms. The molecule has 226 valence electrons. The molecule has 1 unspecified atom stereocenters. The van der Waals surface area contributed by atoms with Crippen LogP contribution in [0.25, 0.3) is 0 Å². The minimum Gasteiger partial charge on any atom is -0.497 e. The first-order chi connectivity index (χ1) is 20.8. The van der Waals surface area contributed by atoms with E-state index in [2.05, 4.69) is 5.32 Å². The maximum absolute atomic E-state index is 13.2. The van der Waals surface area contributed by atoms with Crippen LogP contribution < -0.4 is 19.5 Å². The Morgan fingerprint density at radius 3 is 2.33 bits per heavy atom. The Kier molecular flexibility index (Phi) is 10.6. The molecule has 1 saturated heterocycles. The molecule has 1 fully saturated rings. The third-order valence-electron chi connectivity index (χ3n) is 6.94. The van der Waals surface area contributed by atoms with Crippen LogP contribution in [0, 0.1) is 5.41 Å². The number of carbonyl (C=O) groups excluding carboxylic acids is 3. The van der Waals surface area contributed by atoms with E-state index < -0.39 is 24.1 Å². The van der Waals surface area contributed by atoms with E-state index in [1.807, 2.05) is 43.3 Å². The lowest BCUT2D eigenvalue weighted by molar-refractivity contribution is -0.163. The zero-order valence-electron chi connectivity index (χ0n) is 24.5. The second kappa shape index (κ2) is 14.7. The zero-order valence-corrected chi connectivity index (χ0v) is 24.5. The molecule has 0 aromatic heterocycles. The summed E-state index contributed by atoms with van der Waals surface area (Å²) >= 11 is 0. The highest BCUT2D eigenvalue weighted by molar-refractivity contribution is 6.35. The van der Waals surface area contributed by atoms with Gasteiger partial charge in [-0.25, -0.2) is 4.79 Å². The number of hydrogen-bond donors (Lipinski definition) is 2. The Hall–Kier alpha value is -5.06. The quantitative estimate of drug-likeness (QED) is 0.183. The molecule has 0 bridgehead atoms. The van der Waals surface area contributed by atoms with Crippen molar-refractivity contribution in [3.05, 3.63) is 89.5 Å². The van der Waals surface area contributed by atoms with E-state index in [0.717, 1.165) is 17.5 Å². The fourth-order valence-electron chi connectivity index (χ4n) is 4.62. The largest absolute Gasteiger partial charge is 0.497 e. The summed E-state index contributed by atoms with van der Waals surface area (Å²) in [5.41, 5.74) is 2.06. The van der Waals surface area contributed by atoms with Crippen LogP contribution in [0.4, 0.5) is 4.79 Å². The lowest BCUT2D eigenvalue weighted by Gasteiger charge is -2.38. The number of carbonyl (C=O) groups is 3. The van der Waals surface area contributed by atoms with Crippen LogP contribution in [0.2, 0.25) is 0 Å². The molecule has 3 aromatic carbocycles. The molecule has 1 atom stereocenters. The number of methoxy groups -OCH3 is 2. The second-order valence-corrected chi connectivity index (χ2v) is 9.85. The maximum Gasteiger partial charge on any atom is 0.413 e. The van der Waals surface area contributed by atoms with Crippen LogP contribution in [0.3, 0.4) is 0 Å². The fraction of sp³-hybridized carbons (Fsp3) is 0.312. The van der Waals surface area contributed by atoms with Gasteiger partial charge in [0.05, 0.1) is 14.2 Å². The van der Waals surface area contributed by atoms with E-state index in [1.54, 1.807) is 50.6 Å². The minimum absolute atomic E-state index is 0.0940. The molecule has 0 radical (unpaired) electrons. The molecule has 4 rings (SSSR count). The second-order valence-electron chi connectivity index (χ2n) is 9.85. The van der Waals surface area contributed by atoms with Gasteiger partial charge in [-0.2, -0.15) is 0 Å². The Balaban J connectivity index is 1.34. The number of rotatable bonds is 12. The molecular weight excluding hydrogens is 552 g/mol. The maximum atomic E-state index is 13.2. The van der Waals surface area contributed by atoms with E-state index in [9.17, 15) is 14.4 Å². The molecule has 0 spiro atoms. The summed E-state index contributed by atoms with van der Waals surface area (Å²) in [6, 6.07) is 21.2. The molecule has 2 N–H and O–H groups in total. The number of hydrogen-bond acceptors (Lipinski definition) is 8. The minimum atomic E-state index is -0.732. The molecular formula is C32H36N4O7. The molecule has 0 aliphatic carbocycles. The number of amidine groups is 1. The first-order valence-electron chi connectivity index (χ1n) is 14.0. The Morgan fingerprint density at radius 1 is 0.930 bits per heavy atom. The van der Waals surface area contributed by atoms with Crippen molar-refractivity contribution < 1.29 is 33.3 Å². The molecule has 11 nitrogen and oxygen atoms in total. The molecule has 1 aliphatic heterocycles. The van der Waals surface area contributed by atoms with Crippen LogP contribution in [-0.4, -0.2) is 67.1 Å². The van der Waals surface area contributed by atoms with Gasteiger partial charge < -0.3 is 23.8 Å². The van der Waals surface area contributed by atoms with Crippen molar-refractivity contribution in [2.45, 2.75) is 39.1 Å². The van der Waals surface area contributed by atoms with Gasteiger partial charge in [0.15, 0.2) is 6.23 Å². The van der Waals surface area contributed by atoms with Crippen molar-refractivity contribution in [2.24, 2.45) is 0 Å². The van der Waals surface area contributed by atoms with Crippen LogP contribution in [0.5, 0.6) is 17.2 Å². The fourth-order valence-corrected chi connectivity index (χ4v) is 4.62. The van der Waals surface area contributed by atoms with Gasteiger partial charge in [0.1, 0.15) is 29.7 Å². The number of piperazine rings is 1. The molecule has 11 heteroatoms. The Morgan fingerprint density at radius 2 is 1.65 bits per heavy atom. The summed E-state index contributed by atoms with van der Waals surface area (Å²) in [6.07, 6.45) is -0.120. The highest BCUT2D eigenvalue weighted by Crippen LogP contribution is 2.27. The summed E-state index contributed by atoms with van der Waals surface area (Å²) in [6.45, 7) is 2.95. The SMILES string of the molecule is CCCC(Oc1ccc(C(=N)NC(=O)OCc2ccccc2)cc1)N1CCN(Cc2ccc(OC)cc2OC)C(=O)C1=O. The smallest absolute Gasteiger partial charge is 0.413 e. The first kappa shape index (κ1) is 30.9. The standard InChI is InChI=1S/C32H36N4O7/c1-4-8-28(36-18-17-35(30(37)31(36)38)20-24-13-16-26(40-2)19-27(24)41-3)43-25-14-11-23(12-15-25)29(33)34-32(39)42-21-22-9-6-5-7-10-22/h5-7,9-16,19,28H,4,8,17-18,20-21H2,1-3H3,(H2,33,34,39). The van der Waals surface area contributed by atoms with Crippen molar-refractivity contribution in [3.8, 4) is 17.2 Å². The number of amides is 3. The van der Waals surface area contributed by atoms with Crippen LogP contribution in [-0.2, 0) is 27.5 Å². The van der Waals surface area contributed by atoms with Crippen LogP contribution in [0.1, 0.15) is 36.5 Å². The number of alkyl carbamates (subject to hydrolysis) is 1. The highest BCUT2D eigenvalue weighted by Gasteiger charge is 2.37. The van der Waals surface area contributed by atoms with Crippen molar-refractivity contribution in [1.29, 1.82) is 5.41 Å². The summed E-state index contributed by atoms with van der Waals surface area (Å²) in [5, 5.41) is 10.6. The van der Waals surface area contributed by atoms with Gasteiger partial charge in [-0.3, -0.25) is 25.2 Å². The van der Waals surface area contributed by atoms with Crippen LogP contribution >= 0.6 is 0 Å². The van der Waals surface area contributed by atoms with E-state index in [1.165, 1.54) is 9.80 Å². The average molecular weight is 589 g/mol. The monoisotopic (exact) mass is 588 g/mol. The number of ether oxygens (including phenoxy) is 4. The Labute approximate surface area is 250 Å². The Bertz CT molecular complexity index is 1430. The average Bonchev–Trinajstić information content (AvgIpc) is 3.03. The third kappa shape index (κ3) is 8.03. The summed E-state index contributed by atoms with van der Waals surface area (Å²) in [4.78, 5) is 41.4. The summed E-state index contributed by atoms with van der Waals surface area (Å²) in [7, 11) is 3.11. The normalized spacial score (nSPS) is 13.7. The lowest BCUT2D eigenvalue weighted by atomic mass is 10.1. The van der Waals surface area contributed by atoms with E-state index >= 15 is 0 Å². The zero-order chi connectivity index (χ0) is 30.8. The van der Waals surface area contributed by atoms with E-state index in [-0.39, 0.29) is 19.0 Å². The van der Waals surface area contributed by atoms with Crippen LogP contribution in [0.15, 0.2) is 72.8 Å². The highest BCUT2D eigenvalue weighted by atomic mass is 16.5. The van der Waals surface area contributed by atoms with Gasteiger partial charge in [0, 0.05) is 43.2 Å². The molecule has 3 aromatic rings. The molecule has 3 amide bonds. The van der Waals surface area contributed by atoms with Gasteiger partial charge >= 0.3 is 17.9 Å². The van der Waals surface area contributed by atoms with Crippen molar-refractivity contribution in [3.63, 3.8) is 0 Å². The third-order valence-corrected chi connectivity index (χ3v) is 6.94. The molecule has 0 saturated carbocycles. The predicted octanol–water partition coefficient (Wildman–Crippen LogP) is 4.33. The van der Waals surface area contributed by atoms with E-state index in [0.29, 0.717) is 42.3 Å². The number of benzene rings is 3. The number of nitrogens with zero attached hydrogens (tertiary/aromatic N) is 2. The van der Waals surface area contributed by atoms with Gasteiger partial charge in [-0.15, -0.1) is 0 Å². The van der Waals surface area contributed by atoms with Crippen molar-refractivity contribution in [2.75, 3.05) is 27.3 Å². The summed E-state index contributed by atoms with van der Waals surface area (Å²) in [5.74, 6) is 0.309. The van der Waals surface area contributed by atoms with Gasteiger partial charge in [0.2, 0.25) is 0 Å². The number of nitrogens with one attached hydrogen (secondary N) is 2. The van der Waals surface area contributed by atoms with Crippen molar-refractivity contribution >= 4 is 23.7 Å². The van der Waals surface area contributed by atoms with Gasteiger partial charge in [-0.1, -0.05) is 43.7 Å². The van der Waals surface area contributed by atoms with Gasteiger partial charge in [0.25, 0.3) is 0 Å². The molecule has 1 heterocycles. The topological polar surface area (TPSA) is 130 Å². The molecule has 1 aliphatic rings. The van der Waals surface area contributed by atoms with Gasteiger partial charge in [-0.05, 0) is 42.0 Å². The summed E-state index contributed by atoms with van der Waals surface area (Å²) < 4.78 is 22.0. The predicted molar refractivity (Wildman–Crippen MR) is 159 cm³/mol.